The van der Waals surface area contributed by atoms with E-state index in [0.29, 0.717) is 0 Å². The van der Waals surface area contributed by atoms with Gasteiger partial charge in [0.25, 0.3) is 0 Å². The Bertz CT molecular complexity index is 8.00. The maximum atomic E-state index is 0. The standard InChI is InChI=1S/Bi.Ge.Si.Tm. The number of hydrogen-bond donors (Lipinski definition) is 0. The summed E-state index contributed by atoms with van der Waals surface area (Å²) in [6.07, 6.45) is 0. The molecule has 0 aliphatic rings. The summed E-state index contributed by atoms with van der Waals surface area (Å²) >= 11 is 0. The van der Waals surface area contributed by atoms with Crippen molar-refractivity contribution >= 4 is 54.8 Å². The van der Waals surface area contributed by atoms with Crippen LogP contribution in [0.3, 0.4) is 0 Å². The van der Waals surface area contributed by atoms with Crippen LogP contribution in [0.4, 0.5) is 0 Å². The van der Waals surface area contributed by atoms with Gasteiger partial charge in [-0.25, -0.2) is 0 Å². The van der Waals surface area contributed by atoms with Crippen molar-refractivity contribution in [2.75, 3.05) is 0 Å². The summed E-state index contributed by atoms with van der Waals surface area (Å²) in [5.41, 5.74) is 0. The molecule has 4 heteroatoms. The summed E-state index contributed by atoms with van der Waals surface area (Å²) < 4.78 is 0. The van der Waals surface area contributed by atoms with Gasteiger partial charge >= 0.3 is 0 Å². The predicted octanol–water partition coefficient (Wildman–Crippen LogP) is -1.14. The molecule has 0 atom stereocenters. The van der Waals surface area contributed by atoms with Gasteiger partial charge in [-0.2, -0.15) is 0 Å². The second-order valence-electron chi connectivity index (χ2n) is 0. The van der Waals surface area contributed by atoms with Gasteiger partial charge in [0.05, 0.1) is 0 Å². The first-order valence-electron chi connectivity index (χ1n) is 0. The maximum Gasteiger partial charge on any atom is 0 e. The first kappa shape index (κ1) is 28.7. The normalized spacial score (nSPS) is 0. The average molecular weight is 479 g/mol. The molecule has 0 aromatic rings. The molecule has 0 aromatic carbocycles. The van der Waals surface area contributed by atoms with E-state index >= 15 is 0 Å². The fourth-order valence-corrected chi connectivity index (χ4v) is 0. The minimum atomic E-state index is 0. The van der Waals surface area contributed by atoms with Crippen molar-refractivity contribution in [1.29, 1.82) is 0 Å². The molecule has 4 heavy (non-hydrogen) atoms. The van der Waals surface area contributed by atoms with Crippen molar-refractivity contribution in [2.45, 2.75) is 0 Å². The molecule has 26 valence electrons. The Labute approximate surface area is 89.8 Å². The molecule has 0 rings (SSSR count). The van der Waals surface area contributed by atoms with Gasteiger partial charge < -0.3 is 0 Å². The molecule has 0 unspecified atom stereocenters. The molecule has 0 bridgehead atoms. The van der Waals surface area contributed by atoms with E-state index < -0.39 is 0 Å². The van der Waals surface area contributed by atoms with Crippen molar-refractivity contribution < 1.29 is 36.9 Å². The van der Waals surface area contributed by atoms with E-state index in [-0.39, 0.29) is 91.6 Å². The van der Waals surface area contributed by atoms with Crippen LogP contribution < -0.4 is 0 Å². The van der Waals surface area contributed by atoms with Gasteiger partial charge in [-0.1, -0.05) is 0 Å². The van der Waals surface area contributed by atoms with Gasteiger partial charge in [0.2, 0.25) is 0 Å². The average Bonchev–Trinajstić information content (AvgIpc) is 0. The van der Waals surface area contributed by atoms with E-state index in [4.69, 9.17) is 0 Å². The van der Waals surface area contributed by atoms with Crippen LogP contribution in [0.2, 0.25) is 0 Å². The van der Waals surface area contributed by atoms with Crippen LogP contribution in [-0.4, -0.2) is 54.8 Å². The Morgan fingerprint density at radius 1 is 1.00 bits per heavy atom. The van der Waals surface area contributed by atoms with E-state index in [0.717, 1.165) is 0 Å². The Kier molecular flexibility index (Phi) is 121. The molecule has 12 radical (unpaired) electrons. The Hall–Kier alpha value is 2.88. The van der Waals surface area contributed by atoms with Gasteiger partial charge in [-0.05, 0) is 0 Å². The van der Waals surface area contributed by atoms with Gasteiger partial charge in [-0.15, -0.1) is 0 Å². The van der Waals surface area contributed by atoms with Crippen LogP contribution in [0.5, 0.6) is 0 Å². The fraction of sp³-hybridized carbons (Fsp3) is 0. The molecular formula is BiGeSiTm. The van der Waals surface area contributed by atoms with Crippen LogP contribution in [0, 0.1) is 36.9 Å². The van der Waals surface area contributed by atoms with Crippen LogP contribution >= 0.6 is 0 Å². The molecule has 0 amide bonds. The zero-order valence-electron chi connectivity index (χ0n) is 1.72. The molecule has 0 fully saturated rings. The third-order valence-electron chi connectivity index (χ3n) is 0. The van der Waals surface area contributed by atoms with Crippen LogP contribution in [0.1, 0.15) is 0 Å². The van der Waals surface area contributed by atoms with Crippen molar-refractivity contribution in [2.24, 2.45) is 0 Å². The molecule has 0 heterocycles. The van der Waals surface area contributed by atoms with E-state index in [1.165, 1.54) is 0 Å². The van der Waals surface area contributed by atoms with E-state index in [1.807, 2.05) is 0 Å². The molecule has 0 nitrogen and oxygen atoms in total. The molecule has 0 N–H and O–H groups in total. The Balaban J connectivity index is 0. The summed E-state index contributed by atoms with van der Waals surface area (Å²) in [6, 6.07) is 0. The topological polar surface area (TPSA) is 0 Å². The maximum absolute atomic E-state index is 0. The van der Waals surface area contributed by atoms with Crippen molar-refractivity contribution in [3.63, 3.8) is 0 Å². The van der Waals surface area contributed by atoms with Crippen LogP contribution in [0.25, 0.3) is 0 Å². The number of rotatable bonds is 0. The van der Waals surface area contributed by atoms with Gasteiger partial charge in [0, 0.05) is 91.6 Å². The smallest absolute Gasteiger partial charge is 0 e. The molecule has 0 saturated carbocycles. The van der Waals surface area contributed by atoms with Crippen molar-refractivity contribution in [3.05, 3.63) is 0 Å². The second-order valence-corrected chi connectivity index (χ2v) is 0. The monoisotopic (exact) mass is 480 g/mol. The third kappa shape index (κ3) is 8.86. The zero-order chi connectivity index (χ0) is 0. The molecule has 0 spiro atoms. The zero-order valence-corrected chi connectivity index (χ0v) is 10.1. The largest absolute Gasteiger partial charge is 0 e. The molecule has 0 aliphatic carbocycles. The summed E-state index contributed by atoms with van der Waals surface area (Å²) in [6.45, 7) is 0. The minimum absolute atomic E-state index is 0. The summed E-state index contributed by atoms with van der Waals surface area (Å²) in [5.74, 6) is 0. The van der Waals surface area contributed by atoms with Crippen LogP contribution in [0.15, 0.2) is 0 Å². The molecule has 0 aliphatic heterocycles. The van der Waals surface area contributed by atoms with Crippen molar-refractivity contribution in [3.8, 4) is 0 Å². The van der Waals surface area contributed by atoms with Crippen molar-refractivity contribution in [1.82, 2.24) is 0 Å². The van der Waals surface area contributed by atoms with E-state index in [1.54, 1.807) is 0 Å². The van der Waals surface area contributed by atoms with Gasteiger partial charge in [-0.3, -0.25) is 0 Å². The SMILES string of the molecule is [Bi].[Ge].[Si].[Tm]. The predicted molar refractivity (Wildman–Crippen MR) is 17.3 cm³/mol. The van der Waals surface area contributed by atoms with Crippen LogP contribution in [-0.2, 0) is 0 Å². The summed E-state index contributed by atoms with van der Waals surface area (Å²) in [5, 5.41) is 0. The van der Waals surface area contributed by atoms with E-state index in [9.17, 15) is 0 Å². The number of hydrogen-bond acceptors (Lipinski definition) is 0. The molecule has 0 saturated heterocycles. The Morgan fingerprint density at radius 2 is 1.00 bits per heavy atom. The Morgan fingerprint density at radius 3 is 1.00 bits per heavy atom. The quantitative estimate of drug-likeness (QED) is 0.386. The third-order valence-corrected chi connectivity index (χ3v) is 0. The van der Waals surface area contributed by atoms with Gasteiger partial charge in [0.1, 0.15) is 0 Å². The van der Waals surface area contributed by atoms with E-state index in [2.05, 4.69) is 0 Å². The molecule has 0 aromatic heterocycles. The van der Waals surface area contributed by atoms with Gasteiger partial charge in [0.15, 0.2) is 0 Å². The summed E-state index contributed by atoms with van der Waals surface area (Å²) in [7, 11) is 0. The minimum Gasteiger partial charge on any atom is 0 e. The first-order valence-corrected chi connectivity index (χ1v) is 0. The fourth-order valence-electron chi connectivity index (χ4n) is 0. The second kappa shape index (κ2) is 16.9. The first-order chi connectivity index (χ1) is 0. The molecular weight excluding hydrogens is 479 g/mol. The summed E-state index contributed by atoms with van der Waals surface area (Å²) in [4.78, 5) is 0.